The Labute approximate surface area is 226 Å². The van der Waals surface area contributed by atoms with Crippen molar-refractivity contribution >= 4 is 56.2 Å². The maximum Gasteiger partial charge on any atom is 0.147 e. The van der Waals surface area contributed by atoms with Gasteiger partial charge in [0.1, 0.15) is 23.0 Å². The maximum atomic E-state index is 6.89. The first-order valence-corrected chi connectivity index (χ1v) is 14.5. The summed E-state index contributed by atoms with van der Waals surface area (Å²) in [5.74, 6) is 3.68. The van der Waals surface area contributed by atoms with Crippen molar-refractivity contribution in [3.05, 3.63) is 127 Å². The molecule has 0 fully saturated rings. The summed E-state index contributed by atoms with van der Waals surface area (Å²) in [4.78, 5) is 0. The Balaban J connectivity index is 1.39. The molecule has 0 aromatic heterocycles. The van der Waals surface area contributed by atoms with Crippen LogP contribution >= 0.6 is 7.92 Å². The molecule has 2 aliphatic rings. The summed E-state index contributed by atoms with van der Waals surface area (Å²) < 4.78 is 13.6. The molecule has 0 amide bonds. The molecule has 9 rings (SSSR count). The normalized spacial score (nSPS) is 14.8. The number of benzene rings is 7. The third-order valence-electron chi connectivity index (χ3n) is 7.98. The molecule has 182 valence electrons. The number of rotatable bonds is 1. The topological polar surface area (TPSA) is 18.5 Å². The summed E-state index contributed by atoms with van der Waals surface area (Å²) in [6, 6.07) is 45.4. The molecule has 2 heterocycles. The van der Waals surface area contributed by atoms with Gasteiger partial charge in [0.05, 0.1) is 5.30 Å². The number of ether oxygens (including phenoxy) is 2. The lowest BCUT2D eigenvalue weighted by Crippen LogP contribution is -2.33. The number of hydrogen-bond acceptors (Lipinski definition) is 2. The Bertz CT molecular complexity index is 2100. The molecule has 0 spiro atoms. The molecule has 0 saturated heterocycles. The second kappa shape index (κ2) is 7.93. The van der Waals surface area contributed by atoms with Gasteiger partial charge in [-0.2, -0.15) is 0 Å². The van der Waals surface area contributed by atoms with Crippen molar-refractivity contribution in [1.29, 1.82) is 0 Å². The van der Waals surface area contributed by atoms with E-state index in [1.54, 1.807) is 0 Å². The van der Waals surface area contributed by atoms with Gasteiger partial charge < -0.3 is 9.47 Å². The molecular weight excluding hydrogens is 495 g/mol. The van der Waals surface area contributed by atoms with Crippen molar-refractivity contribution in [3.8, 4) is 34.1 Å². The molecule has 2 nitrogen and oxygen atoms in total. The lowest BCUT2D eigenvalue weighted by atomic mass is 10.00. The lowest BCUT2D eigenvalue weighted by Gasteiger charge is -2.37. The highest BCUT2D eigenvalue weighted by molar-refractivity contribution is 7.81. The molecule has 0 saturated carbocycles. The fraction of sp³-hybridized carbons (Fsp3) is 0. The molecule has 1 atom stereocenters. The van der Waals surface area contributed by atoms with E-state index in [-0.39, 0.29) is 0 Å². The standard InChI is InChI=1S/C36H21O2P/c1-2-10-25-21-26(14-13-22(25)7-1)27-17-20-32-36-33(27)38-31-19-16-24-9-4-6-12-29(24)35(31)39(36)34-28-11-5-3-8-23(28)15-18-30(34)37-32/h1-21H. The van der Waals surface area contributed by atoms with E-state index in [1.165, 1.54) is 48.2 Å². The zero-order chi connectivity index (χ0) is 25.5. The SMILES string of the molecule is c1ccc2cc(-c3ccc4c5c3Oc3ccc6ccccc6c3P5c3c(ccc5ccccc35)O4)ccc2c1. The van der Waals surface area contributed by atoms with E-state index < -0.39 is 7.92 Å². The Morgan fingerprint density at radius 2 is 0.949 bits per heavy atom. The Morgan fingerprint density at radius 3 is 1.67 bits per heavy atom. The van der Waals surface area contributed by atoms with Crippen LogP contribution in [-0.4, -0.2) is 0 Å². The third kappa shape index (κ3) is 3.01. The fourth-order valence-corrected chi connectivity index (χ4v) is 9.15. The molecule has 7 aromatic carbocycles. The Kier molecular flexibility index (Phi) is 4.33. The van der Waals surface area contributed by atoms with Crippen LogP contribution in [0.15, 0.2) is 127 Å². The van der Waals surface area contributed by atoms with Crippen molar-refractivity contribution in [2.75, 3.05) is 0 Å². The quantitative estimate of drug-likeness (QED) is 0.203. The van der Waals surface area contributed by atoms with Gasteiger partial charge in [-0.25, -0.2) is 0 Å². The van der Waals surface area contributed by atoms with E-state index in [2.05, 4.69) is 127 Å². The summed E-state index contributed by atoms with van der Waals surface area (Å²) in [5, 5.41) is 11.1. The minimum absolute atomic E-state index is 0.891. The van der Waals surface area contributed by atoms with Crippen LogP contribution in [0, 0.1) is 0 Å². The van der Waals surface area contributed by atoms with E-state index in [4.69, 9.17) is 9.47 Å². The lowest BCUT2D eigenvalue weighted by molar-refractivity contribution is 0.468. The summed E-state index contributed by atoms with van der Waals surface area (Å²) in [6.45, 7) is 0. The maximum absolute atomic E-state index is 6.89. The van der Waals surface area contributed by atoms with Crippen LogP contribution in [0.4, 0.5) is 0 Å². The monoisotopic (exact) mass is 516 g/mol. The summed E-state index contributed by atoms with van der Waals surface area (Å²) >= 11 is 0. The van der Waals surface area contributed by atoms with Gasteiger partial charge in [0.2, 0.25) is 0 Å². The van der Waals surface area contributed by atoms with Gasteiger partial charge in [0.15, 0.2) is 0 Å². The third-order valence-corrected chi connectivity index (χ3v) is 10.7. The Morgan fingerprint density at radius 1 is 0.410 bits per heavy atom. The molecule has 39 heavy (non-hydrogen) atoms. The highest BCUT2D eigenvalue weighted by Gasteiger charge is 2.40. The van der Waals surface area contributed by atoms with Crippen LogP contribution < -0.4 is 25.4 Å². The molecule has 0 N–H and O–H groups in total. The van der Waals surface area contributed by atoms with Crippen LogP contribution in [-0.2, 0) is 0 Å². The zero-order valence-electron chi connectivity index (χ0n) is 20.9. The first-order valence-electron chi connectivity index (χ1n) is 13.2. The number of fused-ring (bicyclic) bond motifs is 9. The Hall–Kier alpha value is -4.65. The molecule has 3 heteroatoms. The van der Waals surface area contributed by atoms with E-state index in [9.17, 15) is 0 Å². The van der Waals surface area contributed by atoms with Gasteiger partial charge in [-0.05, 0) is 68.2 Å². The summed E-state index contributed by atoms with van der Waals surface area (Å²) in [5.41, 5.74) is 2.24. The minimum Gasteiger partial charge on any atom is -0.456 e. The number of hydrogen-bond donors (Lipinski definition) is 0. The molecule has 2 aliphatic heterocycles. The van der Waals surface area contributed by atoms with Gasteiger partial charge in [0, 0.05) is 24.1 Å². The van der Waals surface area contributed by atoms with Gasteiger partial charge >= 0.3 is 0 Å². The minimum atomic E-state index is -0.942. The highest BCUT2D eigenvalue weighted by Crippen LogP contribution is 2.57. The van der Waals surface area contributed by atoms with Crippen LogP contribution in [0.5, 0.6) is 23.0 Å². The predicted octanol–water partition coefficient (Wildman–Crippen LogP) is 8.78. The van der Waals surface area contributed by atoms with Crippen LogP contribution in [0.3, 0.4) is 0 Å². The summed E-state index contributed by atoms with van der Waals surface area (Å²) in [7, 11) is -0.942. The van der Waals surface area contributed by atoms with Crippen LogP contribution in [0.25, 0.3) is 43.4 Å². The van der Waals surface area contributed by atoms with E-state index in [0.29, 0.717) is 0 Å². The molecule has 0 bridgehead atoms. The van der Waals surface area contributed by atoms with Crippen LogP contribution in [0.1, 0.15) is 0 Å². The van der Waals surface area contributed by atoms with Crippen molar-refractivity contribution in [1.82, 2.24) is 0 Å². The molecule has 0 aliphatic carbocycles. The van der Waals surface area contributed by atoms with Crippen molar-refractivity contribution < 1.29 is 9.47 Å². The summed E-state index contributed by atoms with van der Waals surface area (Å²) in [6.07, 6.45) is 0. The smallest absolute Gasteiger partial charge is 0.147 e. The van der Waals surface area contributed by atoms with Crippen molar-refractivity contribution in [2.45, 2.75) is 0 Å². The zero-order valence-corrected chi connectivity index (χ0v) is 21.8. The van der Waals surface area contributed by atoms with Crippen LogP contribution in [0.2, 0.25) is 0 Å². The molecule has 1 unspecified atom stereocenters. The molecule has 0 radical (unpaired) electrons. The fourth-order valence-electron chi connectivity index (χ4n) is 6.19. The average molecular weight is 517 g/mol. The average Bonchev–Trinajstić information content (AvgIpc) is 3.00. The van der Waals surface area contributed by atoms with Crippen molar-refractivity contribution in [2.24, 2.45) is 0 Å². The van der Waals surface area contributed by atoms with Gasteiger partial charge in [-0.15, -0.1) is 0 Å². The second-order valence-electron chi connectivity index (χ2n) is 10.2. The highest BCUT2D eigenvalue weighted by atomic mass is 31.1. The second-order valence-corrected chi connectivity index (χ2v) is 12.2. The van der Waals surface area contributed by atoms with Crippen molar-refractivity contribution in [3.63, 3.8) is 0 Å². The first kappa shape index (κ1) is 21.3. The van der Waals surface area contributed by atoms with E-state index >= 15 is 0 Å². The largest absolute Gasteiger partial charge is 0.456 e. The van der Waals surface area contributed by atoms with Gasteiger partial charge in [0.25, 0.3) is 0 Å². The first-order chi connectivity index (χ1) is 19.3. The molecule has 7 aromatic rings. The van der Waals surface area contributed by atoms with Gasteiger partial charge in [-0.1, -0.05) is 97.1 Å². The molecular formula is C36H21O2P. The van der Waals surface area contributed by atoms with E-state index in [1.807, 2.05) is 0 Å². The van der Waals surface area contributed by atoms with E-state index in [0.717, 1.165) is 34.1 Å². The van der Waals surface area contributed by atoms with Gasteiger partial charge in [-0.3, -0.25) is 0 Å². The predicted molar refractivity (Wildman–Crippen MR) is 163 cm³/mol.